The van der Waals surface area contributed by atoms with Crippen LogP contribution in [0, 0.1) is 18.6 Å². The first-order valence-corrected chi connectivity index (χ1v) is 11.6. The number of hydrogen-bond donors (Lipinski definition) is 1. The fourth-order valence-corrected chi connectivity index (χ4v) is 5.29. The van der Waals surface area contributed by atoms with Crippen LogP contribution in [0.15, 0.2) is 18.2 Å². The zero-order chi connectivity index (χ0) is 23.6. The second-order valence-corrected chi connectivity index (χ2v) is 9.99. The molecule has 0 spiro atoms. The quantitative estimate of drug-likeness (QED) is 0.679. The van der Waals surface area contributed by atoms with Crippen LogP contribution in [-0.4, -0.2) is 53.1 Å². The van der Waals surface area contributed by atoms with Gasteiger partial charge in [-0.15, -0.1) is 0 Å². The van der Waals surface area contributed by atoms with Crippen molar-refractivity contribution >= 4 is 10.0 Å². The summed E-state index contributed by atoms with van der Waals surface area (Å²) >= 11 is 0. The van der Waals surface area contributed by atoms with E-state index in [0.717, 1.165) is 28.5 Å². The van der Waals surface area contributed by atoms with E-state index in [2.05, 4.69) is 5.10 Å². The van der Waals surface area contributed by atoms with Crippen LogP contribution in [0.25, 0.3) is 0 Å². The molecule has 3 heterocycles. The lowest BCUT2D eigenvalue weighted by Gasteiger charge is -2.44. The van der Waals surface area contributed by atoms with E-state index in [1.807, 2.05) is 0 Å². The monoisotopic (exact) mass is 480 g/mol. The van der Waals surface area contributed by atoms with Crippen molar-refractivity contribution in [3.63, 3.8) is 0 Å². The Labute approximate surface area is 181 Å². The van der Waals surface area contributed by atoms with Gasteiger partial charge in [0.25, 0.3) is 10.0 Å². The molecule has 2 aliphatic heterocycles. The van der Waals surface area contributed by atoms with E-state index in [1.165, 1.54) is 4.90 Å². The molecule has 176 valence electrons. The molecule has 2 aliphatic rings. The molecule has 2 aromatic rings. The molecule has 1 aromatic heterocycles. The Hall–Kier alpha value is -2.09. The molecule has 1 aromatic carbocycles. The van der Waals surface area contributed by atoms with Gasteiger partial charge in [-0.1, -0.05) is 0 Å². The van der Waals surface area contributed by atoms with Gasteiger partial charge in [-0.3, -0.25) is 4.90 Å². The average Bonchev–Trinajstić information content (AvgIpc) is 3.23. The molecule has 4 rings (SSSR count). The highest BCUT2D eigenvalue weighted by Gasteiger charge is 2.54. The highest BCUT2D eigenvalue weighted by atomic mass is 32.2. The van der Waals surface area contributed by atoms with Crippen LogP contribution in [0.3, 0.4) is 0 Å². The number of hydrogen-bond acceptors (Lipinski definition) is 6. The van der Waals surface area contributed by atoms with Gasteiger partial charge < -0.3 is 10.5 Å². The van der Waals surface area contributed by atoms with Crippen molar-refractivity contribution in [3.8, 4) is 0 Å². The molecule has 1 fully saturated rings. The van der Waals surface area contributed by atoms with Crippen LogP contribution >= 0.6 is 0 Å². The number of aromatic nitrogens is 2. The number of aryl methyl sites for hydroxylation is 1. The van der Waals surface area contributed by atoms with Crippen molar-refractivity contribution in [1.82, 2.24) is 14.1 Å². The summed E-state index contributed by atoms with van der Waals surface area (Å²) in [4.78, 5) is 1.44. The van der Waals surface area contributed by atoms with Gasteiger partial charge in [-0.2, -0.15) is 22.4 Å². The topological polar surface area (TPSA) is 90.5 Å². The van der Waals surface area contributed by atoms with Gasteiger partial charge in [0.05, 0.1) is 17.6 Å². The van der Waals surface area contributed by atoms with E-state index in [9.17, 15) is 30.4 Å². The number of fused-ring (bicyclic) bond motifs is 1. The molecule has 32 heavy (non-hydrogen) atoms. The number of ether oxygens (including phenoxy) is 1. The summed E-state index contributed by atoms with van der Waals surface area (Å²) in [6.07, 6.45) is -7.91. The van der Waals surface area contributed by atoms with Crippen LogP contribution < -0.4 is 5.73 Å². The van der Waals surface area contributed by atoms with Gasteiger partial charge >= 0.3 is 6.18 Å². The third-order valence-electron chi connectivity index (χ3n) is 5.89. The van der Waals surface area contributed by atoms with Gasteiger partial charge in [0.15, 0.2) is 6.10 Å². The fourth-order valence-electron chi connectivity index (χ4n) is 4.45. The van der Waals surface area contributed by atoms with Crippen molar-refractivity contribution in [2.75, 3.05) is 6.26 Å². The zero-order valence-electron chi connectivity index (χ0n) is 17.1. The largest absolute Gasteiger partial charge is 0.416 e. The van der Waals surface area contributed by atoms with Crippen molar-refractivity contribution in [2.45, 2.75) is 56.9 Å². The third-order valence-corrected chi connectivity index (χ3v) is 6.82. The Balaban J connectivity index is 1.66. The first-order chi connectivity index (χ1) is 14.8. The molecule has 7 nitrogen and oxygen atoms in total. The summed E-state index contributed by atoms with van der Waals surface area (Å²) in [6, 6.07) is 0.144. The summed E-state index contributed by atoms with van der Waals surface area (Å²) in [6.45, 7) is 1.51. The Morgan fingerprint density at radius 3 is 2.53 bits per heavy atom. The van der Waals surface area contributed by atoms with Gasteiger partial charge in [-0.25, -0.2) is 17.2 Å². The van der Waals surface area contributed by atoms with E-state index in [4.69, 9.17) is 10.5 Å². The molecule has 0 saturated carbocycles. The van der Waals surface area contributed by atoms with Gasteiger partial charge in [0, 0.05) is 36.3 Å². The number of nitrogens with two attached hydrogens (primary N) is 1. The number of rotatable bonds is 3. The van der Waals surface area contributed by atoms with Gasteiger partial charge in [0.1, 0.15) is 17.7 Å². The summed E-state index contributed by atoms with van der Waals surface area (Å²) < 4.78 is 99.9. The van der Waals surface area contributed by atoms with Crippen LogP contribution in [0.5, 0.6) is 0 Å². The van der Waals surface area contributed by atoms with Crippen LogP contribution in [-0.2, 0) is 27.8 Å². The van der Waals surface area contributed by atoms with Crippen molar-refractivity contribution in [3.05, 3.63) is 52.3 Å². The zero-order valence-corrected chi connectivity index (χ0v) is 17.9. The molecule has 0 unspecified atom stereocenters. The Bertz CT molecular complexity index is 1150. The molecule has 0 amide bonds. The summed E-state index contributed by atoms with van der Waals surface area (Å²) in [5.74, 6) is -1.73. The second kappa shape index (κ2) is 7.75. The first-order valence-electron chi connectivity index (χ1n) is 9.72. The predicted octanol–water partition coefficient (Wildman–Crippen LogP) is 2.38. The maximum absolute atomic E-state index is 14.2. The highest BCUT2D eigenvalue weighted by molar-refractivity contribution is 7.89. The second-order valence-electron chi connectivity index (χ2n) is 8.17. The predicted molar refractivity (Wildman–Crippen MR) is 103 cm³/mol. The minimum atomic E-state index is -4.82. The van der Waals surface area contributed by atoms with Crippen molar-refractivity contribution < 1.29 is 35.1 Å². The third kappa shape index (κ3) is 4.02. The normalized spacial score (nSPS) is 27.0. The Kier molecular flexibility index (Phi) is 5.59. The molecule has 13 heteroatoms. The maximum Gasteiger partial charge on any atom is 0.416 e. The molecular weight excluding hydrogens is 459 g/mol. The number of halogens is 5. The van der Waals surface area contributed by atoms with E-state index in [-0.39, 0.29) is 30.8 Å². The SMILES string of the molecule is Cc1nn(S(C)(=O)=O)c2c1CN([C@@H]1C[C@H](N)[C@@H](c3cc(F)ccc3F)O[C@@H]1C(F)(F)F)C2. The minimum absolute atomic E-state index is 0.0308. The lowest BCUT2D eigenvalue weighted by atomic mass is 9.89. The van der Waals surface area contributed by atoms with Crippen LogP contribution in [0.4, 0.5) is 22.0 Å². The molecular formula is C19H21F5N4O3S. The number of nitrogens with zero attached hydrogens (tertiary/aromatic N) is 3. The summed E-state index contributed by atoms with van der Waals surface area (Å²) in [5, 5.41) is 3.98. The summed E-state index contributed by atoms with van der Waals surface area (Å²) in [5.41, 5.74) is 6.93. The maximum atomic E-state index is 14.2. The summed E-state index contributed by atoms with van der Waals surface area (Å²) in [7, 11) is -3.74. The van der Waals surface area contributed by atoms with E-state index < -0.39 is 52.1 Å². The molecule has 2 N–H and O–H groups in total. The highest BCUT2D eigenvalue weighted by Crippen LogP contribution is 2.43. The lowest BCUT2D eigenvalue weighted by Crippen LogP contribution is -2.58. The van der Waals surface area contributed by atoms with Gasteiger partial charge in [0.2, 0.25) is 0 Å². The minimum Gasteiger partial charge on any atom is -0.357 e. The standard InChI is InChI=1S/C19H21F5N4O3S/c1-9-12-7-27(8-16(12)28(26-9)32(2,29)30)15-6-14(25)17(31-18(15)19(22,23)24)11-5-10(20)3-4-13(11)21/h3-5,14-15,17-18H,6-8,25H2,1-2H3/t14-,15+,17+,18-/m0/s1. The van der Waals surface area contributed by atoms with Crippen molar-refractivity contribution in [2.24, 2.45) is 5.73 Å². The lowest BCUT2D eigenvalue weighted by molar-refractivity contribution is -0.269. The molecule has 0 radical (unpaired) electrons. The van der Waals surface area contributed by atoms with E-state index >= 15 is 0 Å². The average molecular weight is 480 g/mol. The first kappa shape index (κ1) is 23.1. The molecule has 4 atom stereocenters. The smallest absolute Gasteiger partial charge is 0.357 e. The fraction of sp³-hybridized carbons (Fsp3) is 0.526. The van der Waals surface area contributed by atoms with Crippen LogP contribution in [0.1, 0.15) is 35.0 Å². The number of alkyl halides is 3. The van der Waals surface area contributed by atoms with Gasteiger partial charge in [-0.05, 0) is 31.5 Å². The van der Waals surface area contributed by atoms with Crippen LogP contribution in [0.2, 0.25) is 0 Å². The molecule has 0 aliphatic carbocycles. The Morgan fingerprint density at radius 1 is 1.22 bits per heavy atom. The Morgan fingerprint density at radius 2 is 1.91 bits per heavy atom. The van der Waals surface area contributed by atoms with E-state index in [0.29, 0.717) is 11.3 Å². The molecule has 0 bridgehead atoms. The number of benzene rings is 1. The van der Waals surface area contributed by atoms with Crippen molar-refractivity contribution in [1.29, 1.82) is 0 Å². The molecule has 1 saturated heterocycles. The van der Waals surface area contributed by atoms with E-state index in [1.54, 1.807) is 6.92 Å².